The lowest BCUT2D eigenvalue weighted by Gasteiger charge is -2.09. The molecule has 0 atom stereocenters. The smallest absolute Gasteiger partial charge is 0.293 e. The first-order valence-electron chi connectivity index (χ1n) is 3.90. The lowest BCUT2D eigenvalue weighted by molar-refractivity contribution is -0.495. The summed E-state index contributed by atoms with van der Waals surface area (Å²) in [6.45, 7) is 0. The van der Waals surface area contributed by atoms with Gasteiger partial charge in [-0.2, -0.15) is 12.6 Å². The van der Waals surface area contributed by atoms with Crippen molar-refractivity contribution in [2.45, 2.75) is 0 Å². The number of carbonyl (C=O) groups is 2. The highest BCUT2D eigenvalue weighted by atomic mass is 32.1. The van der Waals surface area contributed by atoms with E-state index in [2.05, 4.69) is 25.4 Å². The van der Waals surface area contributed by atoms with Crippen LogP contribution < -0.4 is 8.69 Å². The summed E-state index contributed by atoms with van der Waals surface area (Å²) >= 11 is 13.1. The van der Waals surface area contributed by atoms with Crippen LogP contribution >= 0.6 is 12.6 Å². The molecule has 0 aromatic carbocycles. The molecule has 80 valence electrons. The number of thiol groups is 1. The first-order valence-corrected chi connectivity index (χ1v) is 5.30. The first kappa shape index (κ1) is 12.3. The fraction of sp³-hybridized carbons (Fsp3) is 0.125. The summed E-state index contributed by atoms with van der Waals surface area (Å²) in [6.07, 6.45) is 1.40. The van der Waals surface area contributed by atoms with Crippen molar-refractivity contribution in [1.29, 1.82) is 0 Å². The molecule has 0 unspecified atom stereocenters. The minimum absolute atomic E-state index is 0.0991. The zero-order valence-electron chi connectivity index (χ0n) is 7.47. The summed E-state index contributed by atoms with van der Waals surface area (Å²) in [5.41, 5.74) is 0.636. The van der Waals surface area contributed by atoms with Gasteiger partial charge in [-0.25, -0.2) is 0 Å². The number of hydrogen-bond acceptors (Lipinski definition) is 5. The Morgan fingerprint density at radius 2 is 2.13 bits per heavy atom. The number of aromatic nitrogens is 1. The molecule has 1 rings (SSSR count). The van der Waals surface area contributed by atoms with Crippen LogP contribution in [0, 0.1) is 0 Å². The van der Waals surface area contributed by atoms with E-state index in [1.807, 2.05) is 4.72 Å². The number of carbonyl (C=O) groups excluding carboxylic acids is 2. The van der Waals surface area contributed by atoms with Crippen LogP contribution in [0.15, 0.2) is 18.3 Å². The van der Waals surface area contributed by atoms with Crippen molar-refractivity contribution in [1.82, 2.24) is 4.72 Å². The van der Waals surface area contributed by atoms with Gasteiger partial charge in [0.05, 0.1) is 11.3 Å². The number of Topliss-reactive ketones (excluding diaryl/α,β-unsaturated/α-hetero) is 1. The van der Waals surface area contributed by atoms with Gasteiger partial charge in [0.15, 0.2) is 12.0 Å². The van der Waals surface area contributed by atoms with Crippen LogP contribution in [0.5, 0.6) is 0 Å². The quantitative estimate of drug-likeness (QED) is 0.335. The average molecular weight is 259 g/mol. The number of pyridine rings is 1. The minimum Gasteiger partial charge on any atom is -0.667 e. The van der Waals surface area contributed by atoms with Crippen molar-refractivity contribution >= 4 is 49.9 Å². The van der Waals surface area contributed by atoms with E-state index in [1.54, 1.807) is 0 Å². The molecule has 1 aromatic heterocycles. The zero-order valence-corrected chi connectivity index (χ0v) is 9.99. The molecule has 0 radical (unpaired) electrons. The van der Waals surface area contributed by atoms with Crippen LogP contribution in [0.3, 0.4) is 0 Å². The van der Waals surface area contributed by atoms with Crippen LogP contribution in [0.4, 0.5) is 0 Å². The predicted octanol–water partition coefficient (Wildman–Crippen LogP) is -0.412. The van der Waals surface area contributed by atoms with Gasteiger partial charge in [-0.05, 0) is 6.07 Å². The number of amides is 1. The van der Waals surface area contributed by atoms with E-state index in [-0.39, 0.29) is 17.2 Å². The largest absolute Gasteiger partial charge is 0.667 e. The molecule has 15 heavy (non-hydrogen) atoms. The number of rotatable bonds is 3. The lowest BCUT2D eigenvalue weighted by atomic mass is 10.2. The van der Waals surface area contributed by atoms with Gasteiger partial charge < -0.3 is 30.4 Å². The Hall–Kier alpha value is -0.790. The van der Waals surface area contributed by atoms with Gasteiger partial charge in [0.1, 0.15) is 0 Å². The maximum Gasteiger partial charge on any atom is 0.293 e. The van der Waals surface area contributed by atoms with Crippen molar-refractivity contribution in [3.05, 3.63) is 29.6 Å². The summed E-state index contributed by atoms with van der Waals surface area (Å²) in [5, 5.41) is 0. The molecule has 1 aromatic rings. The Labute approximate surface area is 104 Å². The highest BCUT2D eigenvalue weighted by molar-refractivity contribution is 7.81. The van der Waals surface area contributed by atoms with E-state index in [4.69, 9.17) is 12.8 Å². The number of nitrogens with one attached hydrogen (secondary N) is 1. The Balaban J connectivity index is 3.08. The second-order valence-corrected chi connectivity index (χ2v) is 3.56. The molecule has 0 saturated carbocycles. The second kappa shape index (κ2) is 5.34. The third-order valence-corrected chi connectivity index (χ3v) is 2.48. The molecule has 0 aliphatic heterocycles. The minimum atomic E-state index is -0.468. The van der Waals surface area contributed by atoms with Crippen LogP contribution in [0.1, 0.15) is 20.8 Å². The Morgan fingerprint density at radius 3 is 2.60 bits per heavy atom. The zero-order chi connectivity index (χ0) is 11.4. The number of nitrogens with zero attached hydrogens (tertiary/aromatic N) is 1. The Bertz CT molecular complexity index is 409. The van der Waals surface area contributed by atoms with E-state index in [0.717, 1.165) is 3.97 Å². The van der Waals surface area contributed by atoms with E-state index in [0.29, 0.717) is 5.56 Å². The Morgan fingerprint density at radius 1 is 1.47 bits per heavy atom. The van der Waals surface area contributed by atoms with Crippen molar-refractivity contribution < 1.29 is 13.6 Å². The van der Waals surface area contributed by atoms with Gasteiger partial charge >= 0.3 is 0 Å². The summed E-state index contributed by atoms with van der Waals surface area (Å²) in [7, 11) is 0. The summed E-state index contributed by atoms with van der Waals surface area (Å²) in [6, 6.07) is 2.96. The summed E-state index contributed by atoms with van der Waals surface area (Å²) < 4.78 is 3.18. The van der Waals surface area contributed by atoms with Gasteiger partial charge in [0.25, 0.3) is 11.6 Å². The molecule has 0 saturated heterocycles. The monoisotopic (exact) mass is 259 g/mol. The van der Waals surface area contributed by atoms with Crippen molar-refractivity contribution in [2.75, 3.05) is 5.75 Å². The van der Waals surface area contributed by atoms with E-state index >= 15 is 0 Å². The van der Waals surface area contributed by atoms with Crippen molar-refractivity contribution in [2.24, 2.45) is 0 Å². The summed E-state index contributed by atoms with van der Waals surface area (Å²) in [5.74, 6) is -0.519. The van der Waals surface area contributed by atoms with Crippen molar-refractivity contribution in [3.63, 3.8) is 0 Å². The van der Waals surface area contributed by atoms with Gasteiger partial charge in [0.2, 0.25) is 0 Å². The molecule has 1 N–H and O–H groups in total. The van der Waals surface area contributed by atoms with Crippen LogP contribution in [-0.2, 0) is 25.6 Å². The molecule has 0 aliphatic rings. The molecule has 0 aliphatic carbocycles. The molecular formula is C8H7N2O2S3-. The van der Waals surface area contributed by atoms with Crippen LogP contribution in [0.25, 0.3) is 0 Å². The second-order valence-electron chi connectivity index (χ2n) is 2.64. The maximum atomic E-state index is 11.3. The first-order chi connectivity index (χ1) is 7.10. The highest BCUT2D eigenvalue weighted by Crippen LogP contribution is 2.01. The fourth-order valence-electron chi connectivity index (χ4n) is 0.965. The van der Waals surface area contributed by atoms with Crippen molar-refractivity contribution in [3.8, 4) is 0 Å². The standard InChI is InChI=1S/C8H7N2O2S3/c11-7(4-13)5-1-2-6(8(12)9-14)10(15)3-5/h1-3H,4H2,(H2-,9,11,12,13,14)/q-1. The maximum absolute atomic E-state index is 11.3. The van der Waals surface area contributed by atoms with Gasteiger partial charge in [-0.3, -0.25) is 13.6 Å². The summed E-state index contributed by atoms with van der Waals surface area (Å²) in [4.78, 5) is 22.4. The molecular weight excluding hydrogens is 252 g/mol. The third-order valence-electron chi connectivity index (χ3n) is 1.71. The van der Waals surface area contributed by atoms with E-state index in [1.165, 1.54) is 18.3 Å². The molecule has 1 amide bonds. The van der Waals surface area contributed by atoms with Gasteiger partial charge in [-0.15, -0.1) is 0 Å². The highest BCUT2D eigenvalue weighted by Gasteiger charge is 2.13. The number of hydrogen-bond donors (Lipinski definition) is 2. The lowest BCUT2D eigenvalue weighted by Crippen LogP contribution is -2.38. The molecule has 0 bridgehead atoms. The molecule has 1 heterocycles. The normalized spacial score (nSPS) is 9.73. The van der Waals surface area contributed by atoms with E-state index < -0.39 is 5.91 Å². The van der Waals surface area contributed by atoms with Gasteiger partial charge in [0, 0.05) is 6.07 Å². The van der Waals surface area contributed by atoms with Gasteiger partial charge in [-0.1, -0.05) is 0 Å². The molecule has 0 spiro atoms. The van der Waals surface area contributed by atoms with Crippen LogP contribution in [0.2, 0.25) is 0 Å². The third kappa shape index (κ3) is 2.83. The SMILES string of the molecule is O=C(CS)c1ccc(C(=O)N[S-])[n+]([S-])c1. The predicted molar refractivity (Wildman–Crippen MR) is 62.4 cm³/mol. The fourth-order valence-corrected chi connectivity index (χ4v) is 1.51. The molecule has 0 fully saturated rings. The average Bonchev–Trinajstić information content (AvgIpc) is 2.26. The van der Waals surface area contributed by atoms with E-state index in [9.17, 15) is 9.59 Å². The topological polar surface area (TPSA) is 50.1 Å². The number of ketones is 1. The Kier molecular flexibility index (Phi) is 4.37. The molecule has 4 nitrogen and oxygen atoms in total. The molecule has 7 heteroatoms. The van der Waals surface area contributed by atoms with Crippen LogP contribution in [-0.4, -0.2) is 17.4 Å².